The highest BCUT2D eigenvalue weighted by Gasteiger charge is 2.13. The first-order valence-electron chi connectivity index (χ1n) is 7.14. The lowest BCUT2D eigenvalue weighted by Crippen LogP contribution is -2.40. The zero-order valence-electron chi connectivity index (χ0n) is 11.2. The largest absolute Gasteiger partial charge is 0.357 e. The first kappa shape index (κ1) is 12.3. The van der Waals surface area contributed by atoms with Gasteiger partial charge in [-0.1, -0.05) is 0 Å². The first-order valence-corrected chi connectivity index (χ1v) is 7.14. The second-order valence-electron chi connectivity index (χ2n) is 5.08. The number of anilines is 1. The number of guanidine groups is 1. The van der Waals surface area contributed by atoms with Crippen molar-refractivity contribution < 1.29 is 0 Å². The molecule has 0 aliphatic carbocycles. The molecule has 1 saturated heterocycles. The van der Waals surface area contributed by atoms with Crippen molar-refractivity contribution in [2.45, 2.75) is 25.8 Å². The van der Waals surface area contributed by atoms with Gasteiger partial charge in [-0.3, -0.25) is 4.99 Å². The average Bonchev–Trinajstić information content (AvgIpc) is 3.01. The third-order valence-electron chi connectivity index (χ3n) is 3.60. The Morgan fingerprint density at radius 1 is 1.26 bits per heavy atom. The van der Waals surface area contributed by atoms with Gasteiger partial charge < -0.3 is 15.5 Å². The lowest BCUT2D eigenvalue weighted by Gasteiger charge is -2.18. The van der Waals surface area contributed by atoms with Gasteiger partial charge in [0, 0.05) is 38.9 Å². The van der Waals surface area contributed by atoms with Crippen LogP contribution in [0.3, 0.4) is 0 Å². The van der Waals surface area contributed by atoms with E-state index in [1.54, 1.807) is 0 Å². The SMILES string of the molecule is c1cc(CNC2=NCCCN2)cc(N2CCCC2)n1. The van der Waals surface area contributed by atoms with Gasteiger partial charge in [0.05, 0.1) is 0 Å². The van der Waals surface area contributed by atoms with E-state index < -0.39 is 0 Å². The molecule has 19 heavy (non-hydrogen) atoms. The number of pyridine rings is 1. The van der Waals surface area contributed by atoms with Gasteiger partial charge in [0.1, 0.15) is 5.82 Å². The van der Waals surface area contributed by atoms with E-state index in [9.17, 15) is 0 Å². The van der Waals surface area contributed by atoms with Crippen LogP contribution >= 0.6 is 0 Å². The molecule has 1 fully saturated rings. The van der Waals surface area contributed by atoms with Crippen LogP contribution < -0.4 is 15.5 Å². The van der Waals surface area contributed by atoms with Gasteiger partial charge in [0.15, 0.2) is 5.96 Å². The Morgan fingerprint density at radius 3 is 2.95 bits per heavy atom. The van der Waals surface area contributed by atoms with Crippen molar-refractivity contribution in [3.8, 4) is 0 Å². The van der Waals surface area contributed by atoms with Crippen molar-refractivity contribution in [3.63, 3.8) is 0 Å². The molecular formula is C14H21N5. The molecule has 102 valence electrons. The highest BCUT2D eigenvalue weighted by atomic mass is 15.2. The Hall–Kier alpha value is -1.78. The van der Waals surface area contributed by atoms with E-state index in [0.717, 1.165) is 50.9 Å². The molecule has 2 aliphatic rings. The van der Waals surface area contributed by atoms with Crippen LogP contribution in [-0.2, 0) is 6.54 Å². The van der Waals surface area contributed by atoms with Crippen molar-refractivity contribution in [3.05, 3.63) is 23.9 Å². The van der Waals surface area contributed by atoms with Crippen LogP contribution in [0.4, 0.5) is 5.82 Å². The van der Waals surface area contributed by atoms with Gasteiger partial charge in [0.25, 0.3) is 0 Å². The maximum absolute atomic E-state index is 4.47. The summed E-state index contributed by atoms with van der Waals surface area (Å²) in [7, 11) is 0. The van der Waals surface area contributed by atoms with Crippen LogP contribution in [-0.4, -0.2) is 37.1 Å². The number of nitrogens with one attached hydrogen (secondary N) is 2. The number of rotatable bonds is 3. The molecular weight excluding hydrogens is 238 g/mol. The fraction of sp³-hybridized carbons (Fsp3) is 0.571. The third-order valence-corrected chi connectivity index (χ3v) is 3.60. The Balaban J connectivity index is 1.61. The summed E-state index contributed by atoms with van der Waals surface area (Å²) in [6.07, 6.45) is 5.59. The smallest absolute Gasteiger partial charge is 0.191 e. The molecule has 0 saturated carbocycles. The summed E-state index contributed by atoms with van der Waals surface area (Å²) in [4.78, 5) is 11.2. The Morgan fingerprint density at radius 2 is 2.16 bits per heavy atom. The summed E-state index contributed by atoms with van der Waals surface area (Å²) in [6, 6.07) is 4.25. The Kier molecular flexibility index (Phi) is 3.81. The lowest BCUT2D eigenvalue weighted by molar-refractivity contribution is 0.702. The molecule has 0 aromatic carbocycles. The van der Waals surface area contributed by atoms with Crippen LogP contribution in [0.15, 0.2) is 23.3 Å². The van der Waals surface area contributed by atoms with Crippen molar-refractivity contribution in [1.82, 2.24) is 15.6 Å². The number of nitrogens with zero attached hydrogens (tertiary/aromatic N) is 3. The molecule has 5 nitrogen and oxygen atoms in total. The van der Waals surface area contributed by atoms with E-state index in [-0.39, 0.29) is 0 Å². The maximum atomic E-state index is 4.47. The standard InChI is InChI=1S/C14H21N5/c1-2-9-19(8-1)13-10-12(4-7-15-13)11-18-14-16-5-3-6-17-14/h4,7,10H,1-3,5-6,8-9,11H2,(H2,16,17,18). The van der Waals surface area contributed by atoms with E-state index in [1.807, 2.05) is 6.20 Å². The third kappa shape index (κ3) is 3.16. The maximum Gasteiger partial charge on any atom is 0.191 e. The molecule has 1 aromatic heterocycles. The van der Waals surface area contributed by atoms with Gasteiger partial charge in [0.2, 0.25) is 0 Å². The van der Waals surface area contributed by atoms with Crippen molar-refractivity contribution in [1.29, 1.82) is 0 Å². The van der Waals surface area contributed by atoms with Crippen LogP contribution in [0.2, 0.25) is 0 Å². The first-order chi connectivity index (χ1) is 9.42. The highest BCUT2D eigenvalue weighted by Crippen LogP contribution is 2.18. The normalized spacial score (nSPS) is 18.9. The molecule has 0 atom stereocenters. The monoisotopic (exact) mass is 259 g/mol. The molecule has 0 amide bonds. The zero-order valence-corrected chi connectivity index (χ0v) is 11.2. The van der Waals surface area contributed by atoms with E-state index in [4.69, 9.17) is 0 Å². The van der Waals surface area contributed by atoms with E-state index in [1.165, 1.54) is 18.4 Å². The minimum atomic E-state index is 0.801. The highest BCUT2D eigenvalue weighted by molar-refractivity contribution is 5.80. The summed E-state index contributed by atoms with van der Waals surface area (Å²) in [5.41, 5.74) is 1.26. The number of hydrogen-bond donors (Lipinski definition) is 2. The van der Waals surface area contributed by atoms with Crippen LogP contribution in [0.1, 0.15) is 24.8 Å². The Bertz CT molecular complexity index is 451. The number of aromatic nitrogens is 1. The topological polar surface area (TPSA) is 52.6 Å². The summed E-state index contributed by atoms with van der Waals surface area (Å²) < 4.78 is 0. The molecule has 3 rings (SSSR count). The summed E-state index contributed by atoms with van der Waals surface area (Å²) in [5.74, 6) is 2.03. The molecule has 2 N–H and O–H groups in total. The molecule has 0 radical (unpaired) electrons. The molecule has 0 unspecified atom stereocenters. The van der Waals surface area contributed by atoms with E-state index in [2.05, 4.69) is 37.6 Å². The minimum Gasteiger partial charge on any atom is -0.357 e. The van der Waals surface area contributed by atoms with Crippen LogP contribution in [0.25, 0.3) is 0 Å². The molecule has 0 spiro atoms. The summed E-state index contributed by atoms with van der Waals surface area (Å²) in [5, 5.41) is 6.62. The predicted molar refractivity (Wildman–Crippen MR) is 77.4 cm³/mol. The second-order valence-corrected chi connectivity index (χ2v) is 5.08. The van der Waals surface area contributed by atoms with Crippen LogP contribution in [0.5, 0.6) is 0 Å². The van der Waals surface area contributed by atoms with Crippen molar-refractivity contribution >= 4 is 11.8 Å². The van der Waals surface area contributed by atoms with Crippen molar-refractivity contribution in [2.75, 3.05) is 31.1 Å². The van der Waals surface area contributed by atoms with Gasteiger partial charge in [-0.25, -0.2) is 4.98 Å². The molecule has 1 aromatic rings. The van der Waals surface area contributed by atoms with Crippen molar-refractivity contribution in [2.24, 2.45) is 4.99 Å². The quantitative estimate of drug-likeness (QED) is 0.854. The number of aliphatic imine (C=N–C) groups is 1. The van der Waals surface area contributed by atoms with E-state index >= 15 is 0 Å². The molecule has 2 aliphatic heterocycles. The second kappa shape index (κ2) is 5.91. The average molecular weight is 259 g/mol. The lowest BCUT2D eigenvalue weighted by atomic mass is 10.2. The van der Waals surface area contributed by atoms with Gasteiger partial charge >= 0.3 is 0 Å². The fourth-order valence-electron chi connectivity index (χ4n) is 2.53. The molecule has 0 bridgehead atoms. The number of hydrogen-bond acceptors (Lipinski definition) is 5. The minimum absolute atomic E-state index is 0.801. The predicted octanol–water partition coefficient (Wildman–Crippen LogP) is 1.12. The van der Waals surface area contributed by atoms with Gasteiger partial charge in [-0.15, -0.1) is 0 Å². The van der Waals surface area contributed by atoms with E-state index in [0.29, 0.717) is 0 Å². The summed E-state index contributed by atoms with van der Waals surface area (Å²) in [6.45, 7) is 5.01. The summed E-state index contributed by atoms with van der Waals surface area (Å²) >= 11 is 0. The zero-order chi connectivity index (χ0) is 12.9. The fourth-order valence-corrected chi connectivity index (χ4v) is 2.53. The molecule has 3 heterocycles. The molecule has 5 heteroatoms. The Labute approximate surface area is 114 Å². The van der Waals surface area contributed by atoms with Crippen LogP contribution in [0, 0.1) is 0 Å². The van der Waals surface area contributed by atoms with Gasteiger partial charge in [-0.2, -0.15) is 0 Å². The van der Waals surface area contributed by atoms with Gasteiger partial charge in [-0.05, 0) is 37.0 Å².